The summed E-state index contributed by atoms with van der Waals surface area (Å²) in [7, 11) is 0. The summed E-state index contributed by atoms with van der Waals surface area (Å²) in [4.78, 5) is 0. The predicted molar refractivity (Wildman–Crippen MR) is 126 cm³/mol. The van der Waals surface area contributed by atoms with Crippen molar-refractivity contribution >= 4 is 0 Å². The van der Waals surface area contributed by atoms with Crippen LogP contribution in [0.1, 0.15) is 99.3 Å². The lowest BCUT2D eigenvalue weighted by atomic mass is 9.47. The molecule has 0 radical (unpaired) electrons. The summed E-state index contributed by atoms with van der Waals surface area (Å²) in [6.07, 6.45) is 12.1. The van der Waals surface area contributed by atoms with Gasteiger partial charge in [-0.2, -0.15) is 0 Å². The maximum absolute atomic E-state index is 11.1. The Hall–Kier alpha value is -0.380. The standard InChI is InChI=1S/C28H48O3/c1-17(26(3,4)31)15-25(30)18(2)22-9-10-23-21-8-7-19-16-20(29)11-13-27(19,5)24(21)12-14-28(22,23)6/h7,17-18,20-25,29-31H,8-16H2,1-6H3/t17?,18-,20-,21?,22+,23?,24?,25+,27-,28+/m0/s1. The molecule has 0 aliphatic heterocycles. The highest BCUT2D eigenvalue weighted by Crippen LogP contribution is 2.67. The van der Waals surface area contributed by atoms with E-state index in [4.69, 9.17) is 0 Å². The quantitative estimate of drug-likeness (QED) is 0.487. The van der Waals surface area contributed by atoms with Crippen molar-refractivity contribution in [2.45, 2.75) is 117 Å². The van der Waals surface area contributed by atoms with Crippen LogP contribution in [0.4, 0.5) is 0 Å². The highest BCUT2D eigenvalue weighted by Gasteiger charge is 2.59. The summed E-state index contributed by atoms with van der Waals surface area (Å²) >= 11 is 0. The van der Waals surface area contributed by atoms with Gasteiger partial charge in [0.05, 0.1) is 17.8 Å². The van der Waals surface area contributed by atoms with Crippen molar-refractivity contribution in [1.82, 2.24) is 0 Å². The zero-order chi connectivity index (χ0) is 22.8. The molecule has 3 N–H and O–H groups in total. The number of hydrogen-bond donors (Lipinski definition) is 3. The molecule has 3 heteroatoms. The first-order valence-electron chi connectivity index (χ1n) is 13.2. The molecule has 3 fully saturated rings. The van der Waals surface area contributed by atoms with Crippen molar-refractivity contribution < 1.29 is 15.3 Å². The summed E-state index contributed by atoms with van der Waals surface area (Å²) in [6.45, 7) is 13.1. The minimum absolute atomic E-state index is 0.0918. The van der Waals surface area contributed by atoms with Gasteiger partial charge in [-0.3, -0.25) is 0 Å². The molecule has 178 valence electrons. The van der Waals surface area contributed by atoms with Gasteiger partial charge in [-0.15, -0.1) is 0 Å². The summed E-state index contributed by atoms with van der Waals surface area (Å²) < 4.78 is 0. The fourth-order valence-electron chi connectivity index (χ4n) is 8.68. The zero-order valence-corrected chi connectivity index (χ0v) is 20.9. The highest BCUT2D eigenvalue weighted by atomic mass is 16.3. The lowest BCUT2D eigenvalue weighted by Crippen LogP contribution is -2.51. The Morgan fingerprint density at radius 1 is 1.06 bits per heavy atom. The van der Waals surface area contributed by atoms with Crippen LogP contribution in [0.5, 0.6) is 0 Å². The van der Waals surface area contributed by atoms with Crippen LogP contribution >= 0.6 is 0 Å². The van der Waals surface area contributed by atoms with E-state index in [-0.39, 0.29) is 24.0 Å². The Balaban J connectivity index is 1.51. The molecule has 0 bridgehead atoms. The van der Waals surface area contributed by atoms with Crippen molar-refractivity contribution in [3.63, 3.8) is 0 Å². The molecule has 0 spiro atoms. The Labute approximate surface area is 190 Å². The first-order chi connectivity index (χ1) is 14.4. The van der Waals surface area contributed by atoms with Crippen molar-refractivity contribution in [2.24, 2.45) is 46.3 Å². The Kier molecular flexibility index (Phi) is 6.24. The molecule has 4 rings (SSSR count). The van der Waals surface area contributed by atoms with Crippen LogP contribution in [0.25, 0.3) is 0 Å². The van der Waals surface area contributed by atoms with Gasteiger partial charge in [0.25, 0.3) is 0 Å². The highest BCUT2D eigenvalue weighted by molar-refractivity contribution is 5.25. The molecule has 4 unspecified atom stereocenters. The summed E-state index contributed by atoms with van der Waals surface area (Å²) in [5.41, 5.74) is 1.44. The number of allylic oxidation sites excluding steroid dienone is 1. The third kappa shape index (κ3) is 3.95. The number of rotatable bonds is 5. The van der Waals surface area contributed by atoms with Gasteiger partial charge < -0.3 is 15.3 Å². The van der Waals surface area contributed by atoms with Crippen LogP contribution in [0, 0.1) is 46.3 Å². The molecule has 4 aliphatic carbocycles. The van der Waals surface area contributed by atoms with Gasteiger partial charge in [0, 0.05) is 0 Å². The second kappa shape index (κ2) is 8.13. The molecular formula is C28H48O3. The lowest BCUT2D eigenvalue weighted by Gasteiger charge is -2.58. The fraction of sp³-hybridized carbons (Fsp3) is 0.929. The molecular weight excluding hydrogens is 384 g/mol. The average Bonchev–Trinajstić information content (AvgIpc) is 3.04. The molecule has 3 nitrogen and oxygen atoms in total. The molecule has 31 heavy (non-hydrogen) atoms. The van der Waals surface area contributed by atoms with Crippen molar-refractivity contribution in [3.05, 3.63) is 11.6 Å². The van der Waals surface area contributed by atoms with Crippen LogP contribution in [0.3, 0.4) is 0 Å². The van der Waals surface area contributed by atoms with Gasteiger partial charge in [-0.05, 0) is 118 Å². The van der Waals surface area contributed by atoms with Crippen LogP contribution < -0.4 is 0 Å². The maximum atomic E-state index is 11.1. The average molecular weight is 433 g/mol. The molecule has 10 atom stereocenters. The molecule has 0 aromatic heterocycles. The van der Waals surface area contributed by atoms with Crippen molar-refractivity contribution in [3.8, 4) is 0 Å². The molecule has 0 saturated heterocycles. The zero-order valence-electron chi connectivity index (χ0n) is 20.9. The Morgan fingerprint density at radius 2 is 1.77 bits per heavy atom. The van der Waals surface area contributed by atoms with E-state index >= 15 is 0 Å². The molecule has 0 heterocycles. The van der Waals surface area contributed by atoms with E-state index in [1.807, 2.05) is 13.8 Å². The maximum Gasteiger partial charge on any atom is 0.0618 e. The Bertz CT molecular complexity index is 693. The smallest absolute Gasteiger partial charge is 0.0618 e. The topological polar surface area (TPSA) is 60.7 Å². The molecule has 0 aromatic rings. The lowest BCUT2D eigenvalue weighted by molar-refractivity contribution is -0.0734. The molecule has 0 amide bonds. The number of aliphatic hydroxyl groups excluding tert-OH is 2. The normalized spacial score (nSPS) is 45.7. The first-order valence-corrected chi connectivity index (χ1v) is 13.2. The van der Waals surface area contributed by atoms with Gasteiger partial charge in [-0.1, -0.05) is 39.3 Å². The summed E-state index contributed by atoms with van der Waals surface area (Å²) in [5, 5.41) is 31.7. The number of aliphatic hydroxyl groups is 3. The summed E-state index contributed by atoms with van der Waals surface area (Å²) in [6, 6.07) is 0. The largest absolute Gasteiger partial charge is 0.393 e. The SMILES string of the molecule is CC(C[C@@H](O)[C@@H](C)[C@H]1CCC2C3CC=C4C[C@@H](O)CC[C@]4(C)C3CC[C@@]21C)C(C)(C)O. The second-order valence-corrected chi connectivity index (χ2v) is 13.1. The number of hydrogen-bond acceptors (Lipinski definition) is 3. The van der Waals surface area contributed by atoms with Crippen LogP contribution in [-0.2, 0) is 0 Å². The molecule has 3 saturated carbocycles. The van der Waals surface area contributed by atoms with Gasteiger partial charge in [0.1, 0.15) is 0 Å². The molecule has 0 aromatic carbocycles. The van der Waals surface area contributed by atoms with Gasteiger partial charge in [-0.25, -0.2) is 0 Å². The van der Waals surface area contributed by atoms with Crippen LogP contribution in [0.15, 0.2) is 11.6 Å². The predicted octanol–water partition coefficient (Wildman–Crippen LogP) is 5.72. The van der Waals surface area contributed by atoms with Gasteiger partial charge >= 0.3 is 0 Å². The Morgan fingerprint density at radius 3 is 2.45 bits per heavy atom. The van der Waals surface area contributed by atoms with Crippen molar-refractivity contribution in [2.75, 3.05) is 0 Å². The van der Waals surface area contributed by atoms with Crippen LogP contribution in [0.2, 0.25) is 0 Å². The number of fused-ring (bicyclic) bond motifs is 5. The summed E-state index contributed by atoms with van der Waals surface area (Å²) in [5.74, 6) is 3.26. The van der Waals surface area contributed by atoms with Crippen LogP contribution in [-0.4, -0.2) is 33.1 Å². The molecule has 4 aliphatic rings. The second-order valence-electron chi connectivity index (χ2n) is 13.1. The fourth-order valence-corrected chi connectivity index (χ4v) is 8.68. The van der Waals surface area contributed by atoms with Gasteiger partial charge in [0.15, 0.2) is 0 Å². The first kappa shape index (κ1) is 23.8. The van der Waals surface area contributed by atoms with E-state index in [9.17, 15) is 15.3 Å². The monoisotopic (exact) mass is 432 g/mol. The van der Waals surface area contributed by atoms with E-state index in [2.05, 4.69) is 33.8 Å². The minimum atomic E-state index is -0.740. The van der Waals surface area contributed by atoms with E-state index in [0.29, 0.717) is 23.2 Å². The minimum Gasteiger partial charge on any atom is -0.393 e. The van der Waals surface area contributed by atoms with E-state index in [0.717, 1.165) is 37.0 Å². The third-order valence-electron chi connectivity index (χ3n) is 11.2. The van der Waals surface area contributed by atoms with Gasteiger partial charge in [0.2, 0.25) is 0 Å². The van der Waals surface area contributed by atoms with E-state index in [1.165, 1.54) is 32.1 Å². The van der Waals surface area contributed by atoms with E-state index < -0.39 is 5.60 Å². The van der Waals surface area contributed by atoms with Crippen molar-refractivity contribution in [1.29, 1.82) is 0 Å². The third-order valence-corrected chi connectivity index (χ3v) is 11.2. The van der Waals surface area contributed by atoms with E-state index in [1.54, 1.807) is 5.57 Å².